The van der Waals surface area contributed by atoms with E-state index in [9.17, 15) is 5.11 Å². The average molecular weight is 293 g/mol. The molecular weight excluding hydrogens is 280 g/mol. The Labute approximate surface area is 126 Å². The van der Waals surface area contributed by atoms with Crippen molar-refractivity contribution in [2.75, 3.05) is 0 Å². The third kappa shape index (κ3) is 2.20. The van der Waals surface area contributed by atoms with Gasteiger partial charge >= 0.3 is 11.3 Å². The van der Waals surface area contributed by atoms with Crippen LogP contribution >= 0.6 is 11.8 Å². The summed E-state index contributed by atoms with van der Waals surface area (Å²) in [7, 11) is 0. The van der Waals surface area contributed by atoms with Crippen LogP contribution in [-0.2, 0) is 5.75 Å². The maximum atomic E-state index is 9.91. The van der Waals surface area contributed by atoms with E-state index in [0.29, 0.717) is 5.75 Å². The van der Waals surface area contributed by atoms with E-state index in [4.69, 9.17) is 4.42 Å². The quantitative estimate of drug-likeness (QED) is 0.628. The molecule has 3 heteroatoms. The number of para-hydroxylation sites is 2. The van der Waals surface area contributed by atoms with Gasteiger partial charge in [-0.3, -0.25) is 0 Å². The predicted molar refractivity (Wildman–Crippen MR) is 87.9 cm³/mol. The predicted octanol–water partition coefficient (Wildman–Crippen LogP) is 5.16. The second kappa shape index (κ2) is 4.93. The van der Waals surface area contributed by atoms with Crippen molar-refractivity contribution in [3.63, 3.8) is 0 Å². The fraction of sp³-hybridized carbons (Fsp3) is 0.0556. The molecule has 1 aliphatic rings. The first-order chi connectivity index (χ1) is 10.3. The van der Waals surface area contributed by atoms with Crippen LogP contribution in [0.25, 0.3) is 22.0 Å². The lowest BCUT2D eigenvalue weighted by molar-refractivity contribution is 0.474. The number of phenolic OH excluding ortho intramolecular Hbond substituents is 1. The van der Waals surface area contributed by atoms with E-state index in [0.717, 1.165) is 33.0 Å². The van der Waals surface area contributed by atoms with Crippen molar-refractivity contribution in [1.29, 1.82) is 0 Å². The molecule has 1 aromatic heterocycles. The monoisotopic (exact) mass is 293 g/mol. The Kier molecular flexibility index (Phi) is 2.93. The molecular formula is C18H13O2S+. The van der Waals surface area contributed by atoms with Gasteiger partial charge in [-0.05, 0) is 24.3 Å². The van der Waals surface area contributed by atoms with Gasteiger partial charge in [-0.2, -0.15) is 0 Å². The van der Waals surface area contributed by atoms with Crippen LogP contribution in [0.2, 0.25) is 0 Å². The van der Waals surface area contributed by atoms with Crippen molar-refractivity contribution >= 4 is 33.7 Å². The molecule has 2 heterocycles. The third-order valence-electron chi connectivity index (χ3n) is 3.58. The number of aromatic hydroxyl groups is 1. The van der Waals surface area contributed by atoms with E-state index in [1.807, 2.05) is 42.5 Å². The standard InChI is InChI=1S/C18H12O2S/c19-15-7-3-1-5-12(15)10-17-18-14(11-21-17)9-13-6-2-4-8-16(13)20-18/h1-10H,11H2/p+1/b17-10+. The van der Waals surface area contributed by atoms with Crippen molar-refractivity contribution in [2.45, 2.75) is 5.75 Å². The zero-order valence-corrected chi connectivity index (χ0v) is 12.1. The summed E-state index contributed by atoms with van der Waals surface area (Å²) in [5.74, 6) is 2.12. The molecule has 1 N–H and O–H groups in total. The number of fused-ring (bicyclic) bond motifs is 2. The summed E-state index contributed by atoms with van der Waals surface area (Å²) in [6, 6.07) is 17.6. The Hall–Kier alpha value is -2.26. The molecule has 1 aliphatic heterocycles. The van der Waals surface area contributed by atoms with Crippen LogP contribution in [0.3, 0.4) is 0 Å². The van der Waals surface area contributed by atoms with E-state index in [1.165, 1.54) is 5.56 Å². The summed E-state index contributed by atoms with van der Waals surface area (Å²) in [5.41, 5.74) is 2.92. The van der Waals surface area contributed by atoms with Crippen molar-refractivity contribution in [2.24, 2.45) is 0 Å². The molecule has 0 unspecified atom stereocenters. The van der Waals surface area contributed by atoms with Gasteiger partial charge in [0.25, 0.3) is 0 Å². The first-order valence-electron chi connectivity index (χ1n) is 6.79. The first-order valence-corrected chi connectivity index (χ1v) is 7.77. The smallest absolute Gasteiger partial charge is 0.371 e. The molecule has 0 atom stereocenters. The molecule has 2 nitrogen and oxygen atoms in total. The van der Waals surface area contributed by atoms with Crippen LogP contribution < -0.4 is 0 Å². The lowest BCUT2D eigenvalue weighted by atomic mass is 10.1. The average Bonchev–Trinajstić information content (AvgIpc) is 2.89. The number of phenols is 1. The van der Waals surface area contributed by atoms with Crippen LogP contribution in [0.5, 0.6) is 5.75 Å². The molecule has 2 aromatic carbocycles. The van der Waals surface area contributed by atoms with E-state index in [1.54, 1.807) is 17.8 Å². The molecule has 102 valence electrons. The minimum Gasteiger partial charge on any atom is -0.507 e. The summed E-state index contributed by atoms with van der Waals surface area (Å²) in [5, 5.41) is 11.0. The second-order valence-electron chi connectivity index (χ2n) is 4.99. The van der Waals surface area contributed by atoms with E-state index in [-0.39, 0.29) is 0 Å². The number of thioether (sulfide) groups is 1. The van der Waals surface area contributed by atoms with Crippen LogP contribution in [0.15, 0.2) is 59.0 Å². The Morgan fingerprint density at radius 3 is 2.76 bits per heavy atom. The zero-order chi connectivity index (χ0) is 14.2. The summed E-state index contributed by atoms with van der Waals surface area (Å²) >= 11 is 1.74. The molecule has 21 heavy (non-hydrogen) atoms. The van der Waals surface area contributed by atoms with E-state index in [2.05, 4.69) is 12.1 Å². The van der Waals surface area contributed by atoms with Gasteiger partial charge in [-0.1, -0.05) is 30.3 Å². The van der Waals surface area contributed by atoms with Gasteiger partial charge in [0.2, 0.25) is 0 Å². The van der Waals surface area contributed by atoms with Crippen molar-refractivity contribution in [3.8, 4) is 5.75 Å². The van der Waals surface area contributed by atoms with E-state index >= 15 is 0 Å². The summed E-state index contributed by atoms with van der Waals surface area (Å²) in [4.78, 5) is 1.07. The van der Waals surface area contributed by atoms with E-state index < -0.39 is 0 Å². The molecule has 0 fully saturated rings. The highest BCUT2D eigenvalue weighted by atomic mass is 32.2. The van der Waals surface area contributed by atoms with Crippen LogP contribution in [0, 0.1) is 0 Å². The highest BCUT2D eigenvalue weighted by molar-refractivity contribution is 8.08. The Bertz CT molecular complexity index is 868. The highest BCUT2D eigenvalue weighted by Gasteiger charge is 2.30. The molecule has 0 spiro atoms. The van der Waals surface area contributed by atoms with Gasteiger partial charge in [0.1, 0.15) is 10.7 Å². The Balaban J connectivity index is 1.86. The first kappa shape index (κ1) is 12.5. The molecule has 0 amide bonds. The van der Waals surface area contributed by atoms with Crippen LogP contribution in [0.4, 0.5) is 0 Å². The Morgan fingerprint density at radius 1 is 1.05 bits per heavy atom. The fourth-order valence-electron chi connectivity index (χ4n) is 2.52. The summed E-state index contributed by atoms with van der Waals surface area (Å²) in [6.45, 7) is 0. The van der Waals surface area contributed by atoms with Crippen molar-refractivity contribution < 1.29 is 9.52 Å². The molecule has 3 aromatic rings. The maximum Gasteiger partial charge on any atom is 0.371 e. The second-order valence-corrected chi connectivity index (χ2v) is 6.01. The zero-order valence-electron chi connectivity index (χ0n) is 11.2. The highest BCUT2D eigenvalue weighted by Crippen LogP contribution is 2.44. The van der Waals surface area contributed by atoms with Crippen molar-refractivity contribution in [1.82, 2.24) is 0 Å². The molecule has 0 radical (unpaired) electrons. The number of rotatable bonds is 1. The maximum absolute atomic E-state index is 9.91. The number of hydrogen-bond donors (Lipinski definition) is 1. The van der Waals surface area contributed by atoms with Gasteiger partial charge in [0.15, 0.2) is 0 Å². The minimum atomic E-state index is 0.292. The topological polar surface area (TPSA) is 31.5 Å². The van der Waals surface area contributed by atoms with Crippen molar-refractivity contribution in [3.05, 3.63) is 71.5 Å². The van der Waals surface area contributed by atoms with Gasteiger partial charge in [-0.15, -0.1) is 11.8 Å². The fourth-order valence-corrected chi connectivity index (χ4v) is 3.56. The molecule has 0 aliphatic carbocycles. The lowest BCUT2D eigenvalue weighted by Gasteiger charge is -1.98. The van der Waals surface area contributed by atoms with Gasteiger partial charge < -0.3 is 5.11 Å². The third-order valence-corrected chi connectivity index (χ3v) is 4.65. The molecule has 0 saturated carbocycles. The Morgan fingerprint density at radius 2 is 1.86 bits per heavy atom. The largest absolute Gasteiger partial charge is 0.507 e. The molecule has 0 bridgehead atoms. The lowest BCUT2D eigenvalue weighted by Crippen LogP contribution is -1.83. The van der Waals surface area contributed by atoms with Gasteiger partial charge in [-0.25, -0.2) is 4.42 Å². The van der Waals surface area contributed by atoms with Crippen LogP contribution in [-0.4, -0.2) is 5.11 Å². The van der Waals surface area contributed by atoms with Crippen LogP contribution in [0.1, 0.15) is 16.9 Å². The SMILES string of the molecule is Oc1ccccc1/C=C1/SCc2cc3ccccc3[o+]c21. The summed E-state index contributed by atoms with van der Waals surface area (Å²) in [6.07, 6.45) is 1.99. The number of hydrogen-bond acceptors (Lipinski definition) is 2. The van der Waals surface area contributed by atoms with Gasteiger partial charge in [0.05, 0.1) is 10.9 Å². The number of benzene rings is 2. The minimum absolute atomic E-state index is 0.292. The molecule has 4 rings (SSSR count). The van der Waals surface area contributed by atoms with Gasteiger partial charge in [0, 0.05) is 17.4 Å². The molecule has 0 saturated heterocycles. The normalized spacial score (nSPS) is 15.5. The summed E-state index contributed by atoms with van der Waals surface area (Å²) < 4.78 is 6.06.